The number of aryl methyl sites for hydroxylation is 2. The molecule has 4 rings (SSSR count). The van der Waals surface area contributed by atoms with Crippen LogP contribution in [-0.4, -0.2) is 23.1 Å². The molecule has 0 saturated heterocycles. The van der Waals surface area contributed by atoms with E-state index in [0.29, 0.717) is 34.0 Å². The summed E-state index contributed by atoms with van der Waals surface area (Å²) in [6.45, 7) is 4.13. The normalized spacial score (nSPS) is 10.7. The minimum absolute atomic E-state index is 0.185. The number of amides is 1. The van der Waals surface area contributed by atoms with Crippen molar-refractivity contribution in [3.8, 4) is 17.2 Å². The van der Waals surface area contributed by atoms with Gasteiger partial charge in [0, 0.05) is 16.8 Å². The predicted octanol–water partition coefficient (Wildman–Crippen LogP) is 5.25. The molecule has 1 amide bonds. The number of aromatic nitrogens is 1. The van der Waals surface area contributed by atoms with Gasteiger partial charge in [-0.3, -0.25) is 10.1 Å². The zero-order valence-corrected chi connectivity index (χ0v) is 18.2. The Morgan fingerprint density at radius 3 is 2.65 bits per heavy atom. The van der Waals surface area contributed by atoms with Gasteiger partial charge in [-0.2, -0.15) is 0 Å². The summed E-state index contributed by atoms with van der Waals surface area (Å²) in [4.78, 5) is 17.0. The van der Waals surface area contributed by atoms with Gasteiger partial charge < -0.3 is 14.5 Å². The van der Waals surface area contributed by atoms with Crippen LogP contribution in [0.25, 0.3) is 22.6 Å². The summed E-state index contributed by atoms with van der Waals surface area (Å²) >= 11 is 5.29. The van der Waals surface area contributed by atoms with E-state index >= 15 is 0 Å². The van der Waals surface area contributed by atoms with Crippen molar-refractivity contribution in [2.45, 2.75) is 13.8 Å². The number of carbonyl (C=O) groups is 1. The smallest absolute Gasteiger partial charge is 0.257 e. The molecule has 0 spiro atoms. The molecule has 0 aliphatic carbocycles. The van der Waals surface area contributed by atoms with Crippen LogP contribution in [0.5, 0.6) is 5.75 Å². The molecule has 31 heavy (non-hydrogen) atoms. The van der Waals surface area contributed by atoms with E-state index in [9.17, 15) is 4.79 Å². The third-order valence-corrected chi connectivity index (χ3v) is 5.16. The van der Waals surface area contributed by atoms with E-state index in [0.717, 1.165) is 5.56 Å². The second-order valence-electron chi connectivity index (χ2n) is 7.14. The minimum atomic E-state index is -0.323. The number of benzene rings is 3. The quantitative estimate of drug-likeness (QED) is 0.430. The number of ether oxygens (including phenoxy) is 1. The first-order valence-electron chi connectivity index (χ1n) is 9.67. The van der Waals surface area contributed by atoms with Crippen molar-refractivity contribution in [3.63, 3.8) is 0 Å². The summed E-state index contributed by atoms with van der Waals surface area (Å²) in [7, 11) is 1.55. The summed E-state index contributed by atoms with van der Waals surface area (Å²) in [5.41, 5.74) is 5.84. The number of rotatable bonds is 4. The molecule has 6 nitrogen and oxygen atoms in total. The average molecular weight is 432 g/mol. The molecule has 0 saturated carbocycles. The summed E-state index contributed by atoms with van der Waals surface area (Å²) in [6.07, 6.45) is 0. The fourth-order valence-electron chi connectivity index (χ4n) is 3.11. The van der Waals surface area contributed by atoms with Gasteiger partial charge in [0.15, 0.2) is 10.7 Å². The Morgan fingerprint density at radius 2 is 1.87 bits per heavy atom. The number of hydrogen-bond acceptors (Lipinski definition) is 5. The van der Waals surface area contributed by atoms with E-state index in [1.807, 2.05) is 24.3 Å². The molecule has 0 bridgehead atoms. The van der Waals surface area contributed by atoms with E-state index in [-0.39, 0.29) is 11.0 Å². The molecule has 156 valence electrons. The van der Waals surface area contributed by atoms with Crippen molar-refractivity contribution in [1.29, 1.82) is 0 Å². The van der Waals surface area contributed by atoms with E-state index in [1.54, 1.807) is 31.4 Å². The van der Waals surface area contributed by atoms with Crippen molar-refractivity contribution in [3.05, 3.63) is 77.4 Å². The first kappa shape index (κ1) is 20.6. The molecule has 1 heterocycles. The van der Waals surface area contributed by atoms with Crippen LogP contribution >= 0.6 is 12.2 Å². The summed E-state index contributed by atoms with van der Waals surface area (Å²) in [5, 5.41) is 5.87. The lowest BCUT2D eigenvalue weighted by atomic mass is 10.1. The molecular weight excluding hydrogens is 410 g/mol. The largest absolute Gasteiger partial charge is 0.497 e. The number of nitrogens with zero attached hydrogens (tertiary/aromatic N) is 1. The number of thiocarbonyl (C=S) groups is 1. The number of nitrogens with one attached hydrogen (secondary N) is 2. The first-order valence-corrected chi connectivity index (χ1v) is 10.1. The van der Waals surface area contributed by atoms with Gasteiger partial charge in [-0.15, -0.1) is 0 Å². The van der Waals surface area contributed by atoms with E-state index in [4.69, 9.17) is 21.4 Å². The van der Waals surface area contributed by atoms with E-state index < -0.39 is 0 Å². The number of hydrogen-bond donors (Lipinski definition) is 2. The van der Waals surface area contributed by atoms with Crippen molar-refractivity contribution >= 4 is 40.0 Å². The van der Waals surface area contributed by atoms with Crippen molar-refractivity contribution < 1.29 is 13.9 Å². The highest BCUT2D eigenvalue weighted by molar-refractivity contribution is 7.80. The molecule has 0 aliphatic rings. The van der Waals surface area contributed by atoms with E-state index in [1.165, 1.54) is 11.1 Å². The van der Waals surface area contributed by atoms with Crippen LogP contribution in [-0.2, 0) is 0 Å². The topological polar surface area (TPSA) is 76.4 Å². The summed E-state index contributed by atoms with van der Waals surface area (Å²) < 4.78 is 11.0. The second-order valence-corrected chi connectivity index (χ2v) is 7.55. The third kappa shape index (κ3) is 4.57. The number of carbonyl (C=O) groups excluding carboxylic acids is 1. The van der Waals surface area contributed by atoms with Gasteiger partial charge in [0.05, 0.1) is 7.11 Å². The first-order chi connectivity index (χ1) is 14.9. The maximum Gasteiger partial charge on any atom is 0.257 e. The predicted molar refractivity (Wildman–Crippen MR) is 126 cm³/mol. The Kier molecular flexibility index (Phi) is 5.68. The SMILES string of the molecule is COc1cccc(C(=O)NC(=S)Nc2ccc3oc(-c4ccc(C)c(C)c4)nc3c2)c1. The summed E-state index contributed by atoms with van der Waals surface area (Å²) in [6, 6.07) is 18.4. The molecule has 0 radical (unpaired) electrons. The van der Waals surface area contributed by atoms with Gasteiger partial charge in [-0.25, -0.2) is 4.98 Å². The van der Waals surface area contributed by atoms with Crippen LogP contribution in [0.2, 0.25) is 0 Å². The number of oxazole rings is 1. The van der Waals surface area contributed by atoms with Crippen LogP contribution in [0.15, 0.2) is 65.1 Å². The van der Waals surface area contributed by atoms with Crippen molar-refractivity contribution in [2.75, 3.05) is 12.4 Å². The Bertz CT molecular complexity index is 1300. The molecule has 4 aromatic rings. The highest BCUT2D eigenvalue weighted by atomic mass is 32.1. The number of fused-ring (bicyclic) bond motifs is 1. The van der Waals surface area contributed by atoms with Crippen LogP contribution in [0.3, 0.4) is 0 Å². The molecule has 0 atom stereocenters. The Labute approximate surface area is 185 Å². The Balaban J connectivity index is 1.48. The van der Waals surface area contributed by atoms with Gasteiger partial charge in [-0.1, -0.05) is 12.1 Å². The monoisotopic (exact) mass is 431 g/mol. The zero-order chi connectivity index (χ0) is 22.0. The fourth-order valence-corrected chi connectivity index (χ4v) is 3.32. The number of anilines is 1. The van der Waals surface area contributed by atoms with Crippen molar-refractivity contribution in [1.82, 2.24) is 10.3 Å². The lowest BCUT2D eigenvalue weighted by molar-refractivity contribution is 0.0977. The van der Waals surface area contributed by atoms with Crippen LogP contribution in [0, 0.1) is 13.8 Å². The third-order valence-electron chi connectivity index (χ3n) is 4.96. The molecule has 0 fully saturated rings. The van der Waals surface area contributed by atoms with Gasteiger partial charge in [-0.05, 0) is 85.7 Å². The summed E-state index contributed by atoms with van der Waals surface area (Å²) in [5.74, 6) is 0.836. The Hall–Kier alpha value is -3.71. The number of methoxy groups -OCH3 is 1. The highest BCUT2D eigenvalue weighted by Gasteiger charge is 2.12. The molecule has 0 aliphatic heterocycles. The lowest BCUT2D eigenvalue weighted by Crippen LogP contribution is -2.34. The van der Waals surface area contributed by atoms with Crippen LogP contribution in [0.4, 0.5) is 5.69 Å². The van der Waals surface area contributed by atoms with Gasteiger partial charge in [0.1, 0.15) is 11.3 Å². The van der Waals surface area contributed by atoms with Gasteiger partial charge in [0.2, 0.25) is 5.89 Å². The van der Waals surface area contributed by atoms with Crippen LogP contribution < -0.4 is 15.4 Å². The van der Waals surface area contributed by atoms with E-state index in [2.05, 4.69) is 41.6 Å². The highest BCUT2D eigenvalue weighted by Crippen LogP contribution is 2.27. The molecule has 0 unspecified atom stereocenters. The molecule has 1 aromatic heterocycles. The maximum absolute atomic E-state index is 12.4. The fraction of sp³-hybridized carbons (Fsp3) is 0.125. The molecular formula is C24H21N3O3S. The molecule has 7 heteroatoms. The minimum Gasteiger partial charge on any atom is -0.497 e. The van der Waals surface area contributed by atoms with Gasteiger partial charge in [0.25, 0.3) is 5.91 Å². The van der Waals surface area contributed by atoms with Crippen LogP contribution in [0.1, 0.15) is 21.5 Å². The standard InChI is InChI=1S/C24H21N3O3S/c1-14-7-8-17(11-15(14)2)23-26-20-13-18(9-10-21(20)30-23)25-24(31)27-22(28)16-5-4-6-19(12-16)29-3/h4-13H,1-3H3,(H2,25,27,28,31). The van der Waals surface area contributed by atoms with Gasteiger partial charge >= 0.3 is 0 Å². The lowest BCUT2D eigenvalue weighted by Gasteiger charge is -2.10. The second kappa shape index (κ2) is 8.57. The Morgan fingerprint density at radius 1 is 1.03 bits per heavy atom. The molecule has 2 N–H and O–H groups in total. The zero-order valence-electron chi connectivity index (χ0n) is 17.4. The van der Waals surface area contributed by atoms with Crippen molar-refractivity contribution in [2.24, 2.45) is 0 Å². The maximum atomic E-state index is 12.4. The average Bonchev–Trinajstić information content (AvgIpc) is 3.19. The molecule has 3 aromatic carbocycles.